The average Bonchev–Trinajstić information content (AvgIpc) is 2.85. The SMILES string of the molecule is CC(C)(C)OC(=O)N1CCC2(CCCCN2OC(=O)C(=O)OC(=O)N2CCC3(CCCCN3)CC2)CC1. The summed E-state index contributed by atoms with van der Waals surface area (Å²) in [5, 5.41) is 5.17. The molecule has 0 aromatic rings. The molecule has 1 N–H and O–H groups in total. The summed E-state index contributed by atoms with van der Waals surface area (Å²) in [6.07, 6.45) is 7.66. The first-order valence-corrected chi connectivity index (χ1v) is 13.7. The van der Waals surface area contributed by atoms with E-state index in [1.54, 1.807) is 9.96 Å². The predicted octanol–water partition coefficient (Wildman–Crippen LogP) is 2.97. The van der Waals surface area contributed by atoms with Crippen molar-refractivity contribution in [2.45, 2.75) is 102 Å². The van der Waals surface area contributed by atoms with Crippen molar-refractivity contribution in [1.29, 1.82) is 0 Å². The fourth-order valence-corrected chi connectivity index (χ4v) is 6.04. The molecule has 4 heterocycles. The van der Waals surface area contributed by atoms with E-state index >= 15 is 0 Å². The van der Waals surface area contributed by atoms with Gasteiger partial charge in [0.2, 0.25) is 0 Å². The Morgan fingerprint density at radius 1 is 0.703 bits per heavy atom. The van der Waals surface area contributed by atoms with E-state index in [4.69, 9.17) is 14.3 Å². The Bertz CT molecular complexity index is 863. The average molecular weight is 523 g/mol. The quantitative estimate of drug-likeness (QED) is 0.315. The van der Waals surface area contributed by atoms with Crippen molar-refractivity contribution in [2.24, 2.45) is 0 Å². The van der Waals surface area contributed by atoms with E-state index in [-0.39, 0.29) is 11.6 Å². The van der Waals surface area contributed by atoms with E-state index < -0.39 is 29.2 Å². The number of piperidine rings is 4. The van der Waals surface area contributed by atoms with Crippen LogP contribution in [0.2, 0.25) is 0 Å². The van der Waals surface area contributed by atoms with Crippen LogP contribution in [0.25, 0.3) is 0 Å². The highest BCUT2D eigenvalue weighted by molar-refractivity contribution is 6.31. The van der Waals surface area contributed by atoms with Crippen LogP contribution in [-0.4, -0.2) is 94.9 Å². The third kappa shape index (κ3) is 6.73. The van der Waals surface area contributed by atoms with Gasteiger partial charge in [0, 0.05) is 38.3 Å². The lowest BCUT2D eigenvalue weighted by Crippen LogP contribution is -2.59. The van der Waals surface area contributed by atoms with Crippen molar-refractivity contribution in [2.75, 3.05) is 39.3 Å². The predicted molar refractivity (Wildman–Crippen MR) is 133 cm³/mol. The van der Waals surface area contributed by atoms with Gasteiger partial charge in [-0.05, 0) is 78.7 Å². The number of hydrogen-bond donors (Lipinski definition) is 1. The maximum atomic E-state index is 12.6. The molecule has 0 aliphatic carbocycles. The number of likely N-dealkylation sites (tertiary alicyclic amines) is 2. The molecular formula is C26H42N4O7. The van der Waals surface area contributed by atoms with Crippen LogP contribution in [0.5, 0.6) is 0 Å². The number of carbonyl (C=O) groups is 4. The smallest absolute Gasteiger partial charge is 0.436 e. The molecular weight excluding hydrogens is 480 g/mol. The van der Waals surface area contributed by atoms with Crippen molar-refractivity contribution < 1.29 is 33.5 Å². The summed E-state index contributed by atoms with van der Waals surface area (Å²) in [6.45, 7) is 8.88. The summed E-state index contributed by atoms with van der Waals surface area (Å²) < 4.78 is 10.4. The maximum Gasteiger partial charge on any atom is 0.436 e. The van der Waals surface area contributed by atoms with Gasteiger partial charge in [0.15, 0.2) is 0 Å². The molecule has 0 saturated carbocycles. The Morgan fingerprint density at radius 2 is 1.32 bits per heavy atom. The van der Waals surface area contributed by atoms with Crippen LogP contribution in [0.15, 0.2) is 0 Å². The zero-order chi connectivity index (χ0) is 26.7. The standard InChI is InChI=1S/C26H42N4O7/c1-24(2,3)36-23(34)29-18-12-26(13-19-29)9-5-7-15-30(26)37-21(32)20(31)35-22(33)28-16-10-25(11-17-28)8-4-6-14-27-25/h27H,4-19H2,1-3H3. The van der Waals surface area contributed by atoms with Crippen LogP contribution in [0, 0.1) is 0 Å². The summed E-state index contributed by atoms with van der Waals surface area (Å²) in [5.74, 6) is -2.49. The van der Waals surface area contributed by atoms with Crippen LogP contribution in [-0.2, 0) is 23.9 Å². The first-order valence-electron chi connectivity index (χ1n) is 13.7. The molecule has 0 bridgehead atoms. The Hall–Kier alpha value is -2.40. The van der Waals surface area contributed by atoms with Crippen LogP contribution in [0.1, 0.15) is 85.0 Å². The lowest BCUT2D eigenvalue weighted by molar-refractivity contribution is -0.240. The van der Waals surface area contributed by atoms with Crippen molar-refractivity contribution in [1.82, 2.24) is 20.2 Å². The highest BCUT2D eigenvalue weighted by Gasteiger charge is 2.46. The number of nitrogens with one attached hydrogen (secondary N) is 1. The zero-order valence-electron chi connectivity index (χ0n) is 22.5. The highest BCUT2D eigenvalue weighted by atomic mass is 16.7. The molecule has 0 aromatic heterocycles. The van der Waals surface area contributed by atoms with Crippen molar-refractivity contribution >= 4 is 24.1 Å². The third-order valence-corrected chi connectivity index (χ3v) is 8.23. The summed E-state index contributed by atoms with van der Waals surface area (Å²) in [4.78, 5) is 58.8. The molecule has 4 rings (SSSR count). The van der Waals surface area contributed by atoms with E-state index in [1.807, 2.05) is 20.8 Å². The molecule has 0 radical (unpaired) electrons. The molecule has 11 heteroatoms. The number of carbonyl (C=O) groups excluding carboxylic acids is 4. The van der Waals surface area contributed by atoms with Crippen LogP contribution < -0.4 is 5.32 Å². The topological polar surface area (TPSA) is 118 Å². The van der Waals surface area contributed by atoms with Crippen molar-refractivity contribution in [3.8, 4) is 0 Å². The fraction of sp³-hybridized carbons (Fsp3) is 0.846. The molecule has 0 atom stereocenters. The largest absolute Gasteiger partial charge is 0.444 e. The molecule has 4 fully saturated rings. The molecule has 208 valence electrons. The minimum Gasteiger partial charge on any atom is -0.444 e. The highest BCUT2D eigenvalue weighted by Crippen LogP contribution is 2.38. The van der Waals surface area contributed by atoms with Crippen molar-refractivity contribution in [3.63, 3.8) is 0 Å². The second kappa shape index (κ2) is 11.1. The van der Waals surface area contributed by atoms with Gasteiger partial charge in [0.25, 0.3) is 0 Å². The molecule has 0 unspecified atom stereocenters. The first kappa shape index (κ1) is 27.6. The number of hydrogen-bond acceptors (Lipinski definition) is 9. The minimum absolute atomic E-state index is 0.0691. The summed E-state index contributed by atoms with van der Waals surface area (Å²) in [6, 6.07) is 0. The molecule has 4 aliphatic heterocycles. The van der Waals surface area contributed by atoms with E-state index in [0.717, 1.165) is 45.1 Å². The summed E-state index contributed by atoms with van der Waals surface area (Å²) >= 11 is 0. The van der Waals surface area contributed by atoms with Gasteiger partial charge in [-0.3, -0.25) is 0 Å². The van der Waals surface area contributed by atoms with Crippen LogP contribution in [0.3, 0.4) is 0 Å². The second-order valence-corrected chi connectivity index (χ2v) is 11.9. The van der Waals surface area contributed by atoms with Gasteiger partial charge >= 0.3 is 24.1 Å². The monoisotopic (exact) mass is 522 g/mol. The summed E-state index contributed by atoms with van der Waals surface area (Å²) in [5.41, 5.74) is -0.955. The number of nitrogens with zero attached hydrogens (tertiary/aromatic N) is 3. The third-order valence-electron chi connectivity index (χ3n) is 8.23. The number of amides is 2. The van der Waals surface area contributed by atoms with Gasteiger partial charge in [-0.1, -0.05) is 12.8 Å². The molecule has 11 nitrogen and oxygen atoms in total. The minimum atomic E-state index is -1.30. The first-order chi connectivity index (χ1) is 17.5. The maximum absolute atomic E-state index is 12.6. The zero-order valence-corrected chi connectivity index (χ0v) is 22.5. The molecule has 37 heavy (non-hydrogen) atoms. The van der Waals surface area contributed by atoms with Gasteiger partial charge in [-0.15, -0.1) is 5.06 Å². The molecule has 0 aromatic carbocycles. The molecule has 2 amide bonds. The van der Waals surface area contributed by atoms with Gasteiger partial charge in [-0.25, -0.2) is 19.2 Å². The number of esters is 1. The van der Waals surface area contributed by atoms with Crippen molar-refractivity contribution in [3.05, 3.63) is 0 Å². The van der Waals surface area contributed by atoms with E-state index in [2.05, 4.69) is 5.32 Å². The number of rotatable bonds is 1. The Kier molecular flexibility index (Phi) is 8.32. The molecule has 4 saturated heterocycles. The Labute approximate surface area is 219 Å². The molecule has 4 aliphatic rings. The van der Waals surface area contributed by atoms with Gasteiger partial charge in [-0.2, -0.15) is 0 Å². The van der Waals surface area contributed by atoms with Crippen LogP contribution in [0.4, 0.5) is 9.59 Å². The summed E-state index contributed by atoms with van der Waals surface area (Å²) in [7, 11) is 0. The lowest BCUT2D eigenvalue weighted by atomic mass is 9.80. The van der Waals surface area contributed by atoms with E-state index in [1.165, 1.54) is 17.7 Å². The van der Waals surface area contributed by atoms with Gasteiger partial charge < -0.3 is 29.4 Å². The molecule has 2 spiro atoms. The Morgan fingerprint density at radius 3 is 1.95 bits per heavy atom. The van der Waals surface area contributed by atoms with Crippen LogP contribution >= 0.6 is 0 Å². The van der Waals surface area contributed by atoms with E-state index in [0.29, 0.717) is 45.6 Å². The number of ether oxygens (including phenoxy) is 2. The number of hydroxylamine groups is 2. The fourth-order valence-electron chi connectivity index (χ4n) is 6.04. The Balaban J connectivity index is 1.27. The lowest BCUT2D eigenvalue weighted by Gasteiger charge is -2.49. The normalized spacial score (nSPS) is 24.0. The van der Waals surface area contributed by atoms with Gasteiger partial charge in [0.05, 0.1) is 5.54 Å². The second-order valence-electron chi connectivity index (χ2n) is 11.9. The van der Waals surface area contributed by atoms with Gasteiger partial charge in [0.1, 0.15) is 5.60 Å². The van der Waals surface area contributed by atoms with E-state index in [9.17, 15) is 19.2 Å².